The number of hydrogen-bond donors (Lipinski definition) is 1. The van der Waals surface area contributed by atoms with E-state index in [9.17, 15) is 0 Å². The predicted molar refractivity (Wildman–Crippen MR) is 72.8 cm³/mol. The van der Waals surface area contributed by atoms with Crippen molar-refractivity contribution in [3.8, 4) is 0 Å². The molecule has 2 N–H and O–H groups in total. The summed E-state index contributed by atoms with van der Waals surface area (Å²) in [4.78, 5) is 0. The van der Waals surface area contributed by atoms with E-state index in [2.05, 4.69) is 39.0 Å². The van der Waals surface area contributed by atoms with Crippen molar-refractivity contribution in [3.05, 3.63) is 34.9 Å². The zero-order valence-corrected chi connectivity index (χ0v) is 11.2. The van der Waals surface area contributed by atoms with Gasteiger partial charge in [-0.3, -0.25) is 0 Å². The van der Waals surface area contributed by atoms with Crippen LogP contribution in [0, 0.1) is 5.92 Å². The number of rotatable bonds is 1. The Bertz CT molecular complexity index is 373. The SMILES string of the molecule is CC(C)c1ccc2c(c1)C(N)C(C)CSC2. The summed E-state index contributed by atoms with van der Waals surface area (Å²) in [5.74, 6) is 3.45. The lowest BCUT2D eigenvalue weighted by atomic mass is 9.90. The van der Waals surface area contributed by atoms with Gasteiger partial charge in [0.05, 0.1) is 0 Å². The molecule has 2 rings (SSSR count). The van der Waals surface area contributed by atoms with E-state index in [0.717, 1.165) is 5.75 Å². The molecule has 1 nitrogen and oxygen atoms in total. The van der Waals surface area contributed by atoms with Crippen LogP contribution in [0.4, 0.5) is 0 Å². The van der Waals surface area contributed by atoms with Gasteiger partial charge in [0.2, 0.25) is 0 Å². The highest BCUT2D eigenvalue weighted by Crippen LogP contribution is 2.34. The molecule has 0 saturated carbocycles. The maximum Gasteiger partial charge on any atom is 0.0331 e. The summed E-state index contributed by atoms with van der Waals surface area (Å²) in [7, 11) is 0. The third-order valence-electron chi connectivity index (χ3n) is 3.45. The molecule has 2 unspecified atom stereocenters. The number of benzene rings is 1. The maximum atomic E-state index is 6.35. The second-order valence-corrected chi connectivity index (χ2v) is 6.16. The van der Waals surface area contributed by atoms with Crippen molar-refractivity contribution in [2.45, 2.75) is 38.5 Å². The first-order chi connectivity index (χ1) is 7.59. The summed E-state index contributed by atoms with van der Waals surface area (Å²) in [5.41, 5.74) is 10.6. The van der Waals surface area contributed by atoms with Crippen LogP contribution in [0.25, 0.3) is 0 Å². The lowest BCUT2D eigenvalue weighted by Crippen LogP contribution is -2.20. The summed E-state index contributed by atoms with van der Waals surface area (Å²) in [6, 6.07) is 7.07. The molecule has 88 valence electrons. The van der Waals surface area contributed by atoms with Gasteiger partial charge in [-0.1, -0.05) is 39.0 Å². The van der Waals surface area contributed by atoms with E-state index in [1.165, 1.54) is 22.4 Å². The Balaban J connectivity index is 2.42. The zero-order valence-electron chi connectivity index (χ0n) is 10.4. The molecule has 0 fully saturated rings. The summed E-state index contributed by atoms with van der Waals surface area (Å²) >= 11 is 2.00. The van der Waals surface area contributed by atoms with Crippen molar-refractivity contribution in [2.24, 2.45) is 11.7 Å². The fourth-order valence-corrected chi connectivity index (χ4v) is 3.36. The van der Waals surface area contributed by atoms with Gasteiger partial charge in [0.1, 0.15) is 0 Å². The minimum Gasteiger partial charge on any atom is -0.324 e. The van der Waals surface area contributed by atoms with Crippen LogP contribution in [-0.2, 0) is 5.75 Å². The van der Waals surface area contributed by atoms with Crippen LogP contribution in [0.2, 0.25) is 0 Å². The predicted octanol–water partition coefficient (Wildman–Crippen LogP) is 3.69. The second-order valence-electron chi connectivity index (χ2n) is 5.13. The molecule has 0 saturated heterocycles. The summed E-state index contributed by atoms with van der Waals surface area (Å²) in [6.07, 6.45) is 0. The maximum absolute atomic E-state index is 6.35. The first-order valence-corrected chi connectivity index (χ1v) is 7.21. The largest absolute Gasteiger partial charge is 0.324 e. The fourth-order valence-electron chi connectivity index (χ4n) is 2.18. The van der Waals surface area contributed by atoms with E-state index in [0.29, 0.717) is 11.8 Å². The van der Waals surface area contributed by atoms with Gasteiger partial charge in [-0.15, -0.1) is 0 Å². The Labute approximate surface area is 103 Å². The van der Waals surface area contributed by atoms with E-state index in [1.54, 1.807) is 0 Å². The Morgan fingerprint density at radius 1 is 1.38 bits per heavy atom. The van der Waals surface area contributed by atoms with Crippen LogP contribution in [0.1, 0.15) is 49.4 Å². The molecule has 0 bridgehead atoms. The topological polar surface area (TPSA) is 26.0 Å². The van der Waals surface area contributed by atoms with E-state index < -0.39 is 0 Å². The third kappa shape index (κ3) is 2.28. The molecule has 1 aliphatic heterocycles. The number of thioether (sulfide) groups is 1. The standard InChI is InChI=1S/C14H21NS/c1-9(2)11-4-5-12-8-16-7-10(3)14(15)13(12)6-11/h4-6,9-10,14H,7-8,15H2,1-3H3. The molecule has 1 aromatic carbocycles. The van der Waals surface area contributed by atoms with Crippen LogP contribution < -0.4 is 5.73 Å². The first-order valence-electron chi connectivity index (χ1n) is 6.05. The molecule has 1 aliphatic rings. The van der Waals surface area contributed by atoms with Crippen LogP contribution in [0.5, 0.6) is 0 Å². The molecular formula is C14H21NS. The first kappa shape index (κ1) is 12.0. The Hall–Kier alpha value is -0.470. The van der Waals surface area contributed by atoms with Gasteiger partial charge in [0.25, 0.3) is 0 Å². The van der Waals surface area contributed by atoms with E-state index in [4.69, 9.17) is 5.73 Å². The summed E-state index contributed by atoms with van der Waals surface area (Å²) < 4.78 is 0. The molecule has 0 radical (unpaired) electrons. The van der Waals surface area contributed by atoms with Crippen LogP contribution in [0.15, 0.2) is 18.2 Å². The van der Waals surface area contributed by atoms with Gasteiger partial charge >= 0.3 is 0 Å². The summed E-state index contributed by atoms with van der Waals surface area (Å²) in [5, 5.41) is 0. The Morgan fingerprint density at radius 2 is 2.12 bits per heavy atom. The molecule has 2 atom stereocenters. The monoisotopic (exact) mass is 235 g/mol. The fraction of sp³-hybridized carbons (Fsp3) is 0.571. The second kappa shape index (κ2) is 4.80. The van der Waals surface area contributed by atoms with Crippen molar-refractivity contribution in [3.63, 3.8) is 0 Å². The van der Waals surface area contributed by atoms with Crippen molar-refractivity contribution < 1.29 is 0 Å². The van der Waals surface area contributed by atoms with E-state index >= 15 is 0 Å². The minimum absolute atomic E-state index is 0.212. The van der Waals surface area contributed by atoms with Crippen LogP contribution in [-0.4, -0.2) is 5.75 Å². The average molecular weight is 235 g/mol. The van der Waals surface area contributed by atoms with Crippen molar-refractivity contribution in [1.82, 2.24) is 0 Å². The van der Waals surface area contributed by atoms with Gasteiger partial charge in [0, 0.05) is 11.8 Å². The smallest absolute Gasteiger partial charge is 0.0331 e. The van der Waals surface area contributed by atoms with Crippen molar-refractivity contribution in [2.75, 3.05) is 5.75 Å². The number of fused-ring (bicyclic) bond motifs is 1. The highest BCUT2D eigenvalue weighted by molar-refractivity contribution is 7.98. The van der Waals surface area contributed by atoms with E-state index in [-0.39, 0.29) is 6.04 Å². The summed E-state index contributed by atoms with van der Waals surface area (Å²) in [6.45, 7) is 6.74. The number of hydrogen-bond acceptors (Lipinski definition) is 2. The molecule has 0 spiro atoms. The third-order valence-corrected chi connectivity index (χ3v) is 4.72. The molecule has 0 aromatic heterocycles. The highest BCUT2D eigenvalue weighted by Gasteiger charge is 2.22. The van der Waals surface area contributed by atoms with Gasteiger partial charge in [0.15, 0.2) is 0 Å². The van der Waals surface area contributed by atoms with Crippen LogP contribution >= 0.6 is 11.8 Å². The zero-order chi connectivity index (χ0) is 11.7. The number of nitrogens with two attached hydrogens (primary N) is 1. The molecule has 0 aliphatic carbocycles. The molecule has 16 heavy (non-hydrogen) atoms. The Morgan fingerprint density at radius 3 is 2.81 bits per heavy atom. The quantitative estimate of drug-likeness (QED) is 0.803. The van der Waals surface area contributed by atoms with Crippen LogP contribution in [0.3, 0.4) is 0 Å². The van der Waals surface area contributed by atoms with Gasteiger partial charge in [-0.2, -0.15) is 11.8 Å². The van der Waals surface area contributed by atoms with Gasteiger partial charge < -0.3 is 5.73 Å². The minimum atomic E-state index is 0.212. The average Bonchev–Trinajstić information content (AvgIpc) is 2.40. The molecule has 1 heterocycles. The normalized spacial score (nSPS) is 25.3. The van der Waals surface area contributed by atoms with Gasteiger partial charge in [-0.25, -0.2) is 0 Å². The molecule has 1 aromatic rings. The molecule has 2 heteroatoms. The van der Waals surface area contributed by atoms with Crippen molar-refractivity contribution in [1.29, 1.82) is 0 Å². The lowest BCUT2D eigenvalue weighted by molar-refractivity contribution is 0.523. The lowest BCUT2D eigenvalue weighted by Gasteiger charge is -2.20. The molecular weight excluding hydrogens is 214 g/mol. The molecule has 0 amide bonds. The van der Waals surface area contributed by atoms with E-state index in [1.807, 2.05) is 11.8 Å². The highest BCUT2D eigenvalue weighted by atomic mass is 32.2. The van der Waals surface area contributed by atoms with Crippen molar-refractivity contribution >= 4 is 11.8 Å². The Kier molecular flexibility index (Phi) is 3.60. The van der Waals surface area contributed by atoms with Gasteiger partial charge in [-0.05, 0) is 34.3 Å².